The number of ketones is 1. The minimum absolute atomic E-state index is 0. The summed E-state index contributed by atoms with van der Waals surface area (Å²) in [6.07, 6.45) is 3.06. The van der Waals surface area contributed by atoms with Gasteiger partial charge in [0.15, 0.2) is 5.78 Å². The van der Waals surface area contributed by atoms with Crippen LogP contribution in [0.15, 0.2) is 70.3 Å². The normalized spacial score (nSPS) is 14.3. The van der Waals surface area contributed by atoms with E-state index in [2.05, 4.69) is 60.5 Å². The largest absolute Gasteiger partial charge is 0.512 e. The third-order valence-electron chi connectivity index (χ3n) is 5.26. The number of rotatable bonds is 1. The first-order valence-corrected chi connectivity index (χ1v) is 13.3. The van der Waals surface area contributed by atoms with Crippen molar-refractivity contribution in [1.82, 2.24) is 4.98 Å². The molecule has 155 valence electrons. The quantitative estimate of drug-likeness (QED) is 0.145. The molecule has 0 spiro atoms. The van der Waals surface area contributed by atoms with Crippen molar-refractivity contribution in [3.63, 3.8) is 0 Å². The smallest absolute Gasteiger partial charge is 0.155 e. The van der Waals surface area contributed by atoms with Gasteiger partial charge < -0.3 is 10.1 Å². The van der Waals surface area contributed by atoms with Crippen LogP contribution in [-0.2, 0) is 24.9 Å². The Labute approximate surface area is 196 Å². The van der Waals surface area contributed by atoms with Crippen molar-refractivity contribution in [2.24, 2.45) is 0 Å². The number of aliphatic hydroxyl groups is 1. The Morgan fingerprint density at radius 1 is 1.07 bits per heavy atom. The number of hydrogen-bond donors (Lipinski definition) is 1. The molecular formula is C24H22IrNO2SSi-. The zero-order valence-corrected chi connectivity index (χ0v) is 21.5. The molecule has 5 rings (SSSR count). The summed E-state index contributed by atoms with van der Waals surface area (Å²) < 4.78 is 0. The van der Waals surface area contributed by atoms with Crippen LogP contribution in [0.1, 0.15) is 13.8 Å². The van der Waals surface area contributed by atoms with Gasteiger partial charge in [-0.2, -0.15) is 0 Å². The van der Waals surface area contributed by atoms with Gasteiger partial charge in [0, 0.05) is 43.0 Å². The van der Waals surface area contributed by atoms with Crippen molar-refractivity contribution in [3.05, 3.63) is 66.6 Å². The molecule has 0 saturated heterocycles. The van der Waals surface area contributed by atoms with E-state index in [1.54, 1.807) is 5.19 Å². The summed E-state index contributed by atoms with van der Waals surface area (Å²) in [5.41, 5.74) is 5.11. The monoisotopic (exact) mass is 609 g/mol. The van der Waals surface area contributed by atoms with E-state index in [9.17, 15) is 4.79 Å². The number of carbonyl (C=O) groups excluding carboxylic acids is 1. The molecule has 0 aliphatic carbocycles. The van der Waals surface area contributed by atoms with Crippen molar-refractivity contribution in [1.29, 1.82) is 0 Å². The van der Waals surface area contributed by atoms with Gasteiger partial charge in [-0.3, -0.25) is 4.79 Å². The molecule has 1 aromatic heterocycles. The number of hydrogen-bond acceptors (Lipinski definition) is 4. The number of aromatic nitrogens is 1. The predicted octanol–water partition coefficient (Wildman–Crippen LogP) is 4.85. The molecule has 1 N–H and O–H groups in total. The van der Waals surface area contributed by atoms with E-state index in [0.717, 1.165) is 5.69 Å². The number of pyridine rings is 1. The molecule has 0 bridgehead atoms. The van der Waals surface area contributed by atoms with Crippen LogP contribution >= 0.6 is 11.8 Å². The fourth-order valence-corrected chi connectivity index (χ4v) is 8.33. The van der Waals surface area contributed by atoms with Crippen LogP contribution < -0.4 is 10.4 Å². The Bertz CT molecular complexity index is 1170. The van der Waals surface area contributed by atoms with Crippen molar-refractivity contribution in [2.75, 3.05) is 0 Å². The number of allylic oxidation sites excluding steroid dienone is 2. The molecule has 0 atom stereocenters. The number of aliphatic hydroxyl groups excluding tert-OH is 1. The van der Waals surface area contributed by atoms with E-state index in [-0.39, 0.29) is 31.6 Å². The fraction of sp³-hybridized carbons (Fsp3) is 0.167. The van der Waals surface area contributed by atoms with E-state index in [1.807, 2.05) is 24.0 Å². The standard InChI is InChI=1S/C19H14NSSi.C5H8O2.Ir/c1-22(2)15-9-3-6-12-17(15)18-13(7-4-10-16(18)22)21-14-8-5-11-20-19(12)14;1-4(6)3-5(2)7;/h3-5,7-11H,1-2H3;3,6H,1-2H3;/q-1;;/b;4-3-;. The molecule has 3 heterocycles. The Balaban J connectivity index is 0.000000281. The third kappa shape index (κ3) is 3.85. The number of carbonyl (C=O) groups is 1. The molecule has 3 aromatic rings. The van der Waals surface area contributed by atoms with Crippen LogP contribution in [0.3, 0.4) is 0 Å². The molecular weight excluding hydrogens is 587 g/mol. The second-order valence-corrected chi connectivity index (χ2v) is 13.2. The van der Waals surface area contributed by atoms with Gasteiger partial charge >= 0.3 is 0 Å². The molecule has 3 nitrogen and oxygen atoms in total. The Hall–Kier alpha value is -1.98. The Morgan fingerprint density at radius 2 is 1.77 bits per heavy atom. The maximum atomic E-state index is 10.0. The van der Waals surface area contributed by atoms with Crippen LogP contribution in [0, 0.1) is 6.07 Å². The first-order valence-electron chi connectivity index (χ1n) is 9.51. The minimum atomic E-state index is -1.61. The predicted molar refractivity (Wildman–Crippen MR) is 122 cm³/mol. The fourth-order valence-electron chi connectivity index (χ4n) is 4.08. The van der Waals surface area contributed by atoms with Gasteiger partial charge in [0.1, 0.15) is 0 Å². The van der Waals surface area contributed by atoms with E-state index >= 15 is 0 Å². The SMILES string of the molecule is CC(=O)/C=C(/C)O.C[Si]1(C)c2cc[c-]c3c2-c2c(cccc21)Sc1cccnc1-3.[Ir]. The average Bonchev–Trinajstić information content (AvgIpc) is 2.81. The van der Waals surface area contributed by atoms with E-state index in [1.165, 1.54) is 51.6 Å². The third-order valence-corrected chi connectivity index (χ3v) is 9.90. The van der Waals surface area contributed by atoms with E-state index in [4.69, 9.17) is 5.11 Å². The topological polar surface area (TPSA) is 50.2 Å². The van der Waals surface area contributed by atoms with Crippen LogP contribution in [0.4, 0.5) is 0 Å². The first kappa shape index (κ1) is 22.7. The van der Waals surface area contributed by atoms with Crippen molar-refractivity contribution in [2.45, 2.75) is 36.7 Å². The van der Waals surface area contributed by atoms with Crippen molar-refractivity contribution in [3.8, 4) is 22.4 Å². The second-order valence-electron chi connectivity index (χ2n) is 7.79. The summed E-state index contributed by atoms with van der Waals surface area (Å²) in [6, 6.07) is 18.8. The summed E-state index contributed by atoms with van der Waals surface area (Å²) in [6.45, 7) is 7.76. The van der Waals surface area contributed by atoms with Crippen LogP contribution in [0.2, 0.25) is 13.1 Å². The molecule has 0 amide bonds. The summed E-state index contributed by atoms with van der Waals surface area (Å²) in [5, 5.41) is 11.5. The van der Waals surface area contributed by atoms with Crippen LogP contribution in [-0.4, -0.2) is 23.9 Å². The van der Waals surface area contributed by atoms with Gasteiger partial charge in [-0.1, -0.05) is 53.8 Å². The summed E-state index contributed by atoms with van der Waals surface area (Å²) in [5.74, 6) is -0.0625. The van der Waals surface area contributed by atoms with Gasteiger partial charge in [-0.05, 0) is 36.4 Å². The zero-order chi connectivity index (χ0) is 20.8. The minimum Gasteiger partial charge on any atom is -0.512 e. The molecule has 2 aliphatic heterocycles. The molecule has 6 heteroatoms. The molecule has 0 saturated carbocycles. The van der Waals surface area contributed by atoms with E-state index < -0.39 is 8.07 Å². The van der Waals surface area contributed by atoms with Crippen molar-refractivity contribution < 1.29 is 30.0 Å². The van der Waals surface area contributed by atoms with Crippen LogP contribution in [0.25, 0.3) is 22.4 Å². The number of fused-ring (bicyclic) bond motifs is 2. The number of benzene rings is 2. The van der Waals surface area contributed by atoms with Gasteiger partial charge in [-0.25, -0.2) is 0 Å². The summed E-state index contributed by atoms with van der Waals surface area (Å²) >= 11 is 1.85. The molecule has 2 aromatic carbocycles. The number of nitrogens with zero attached hydrogens (tertiary/aromatic N) is 1. The van der Waals surface area contributed by atoms with Gasteiger partial charge in [0.2, 0.25) is 0 Å². The maximum absolute atomic E-state index is 10.0. The van der Waals surface area contributed by atoms with Crippen LogP contribution in [0.5, 0.6) is 0 Å². The van der Waals surface area contributed by atoms with Gasteiger partial charge in [0.05, 0.1) is 13.8 Å². The summed E-state index contributed by atoms with van der Waals surface area (Å²) in [4.78, 5) is 17.3. The Morgan fingerprint density at radius 3 is 2.43 bits per heavy atom. The molecule has 2 aliphatic rings. The van der Waals surface area contributed by atoms with Gasteiger partial charge in [0.25, 0.3) is 0 Å². The second kappa shape index (κ2) is 8.64. The molecule has 0 fully saturated rings. The molecule has 0 unspecified atom stereocenters. The molecule has 1 radical (unpaired) electrons. The van der Waals surface area contributed by atoms with Crippen molar-refractivity contribution >= 4 is 36.0 Å². The summed E-state index contributed by atoms with van der Waals surface area (Å²) in [7, 11) is -1.61. The Kier molecular flexibility index (Phi) is 6.53. The average molecular weight is 609 g/mol. The van der Waals surface area contributed by atoms with Gasteiger partial charge in [-0.15, -0.1) is 28.9 Å². The molecule has 30 heavy (non-hydrogen) atoms. The maximum Gasteiger partial charge on any atom is 0.155 e. The first-order chi connectivity index (χ1) is 13.8. The zero-order valence-electron chi connectivity index (χ0n) is 17.2. The van der Waals surface area contributed by atoms with E-state index in [0.29, 0.717) is 0 Å².